The SMILES string of the molecule is CCCOCc1nc(C)c(C)c(Cl)n1. The zero-order chi connectivity index (χ0) is 10.6. The number of aromatic nitrogens is 2. The first-order valence-electron chi connectivity index (χ1n) is 4.72. The van der Waals surface area contributed by atoms with Crippen molar-refractivity contribution in [1.82, 2.24) is 9.97 Å². The monoisotopic (exact) mass is 214 g/mol. The van der Waals surface area contributed by atoms with Crippen LogP contribution in [0.15, 0.2) is 0 Å². The van der Waals surface area contributed by atoms with Crippen LogP contribution in [0, 0.1) is 13.8 Å². The Hall–Kier alpha value is -0.670. The van der Waals surface area contributed by atoms with E-state index in [1.165, 1.54) is 0 Å². The van der Waals surface area contributed by atoms with Crippen LogP contribution >= 0.6 is 11.6 Å². The van der Waals surface area contributed by atoms with E-state index in [9.17, 15) is 0 Å². The molecule has 1 aromatic heterocycles. The number of rotatable bonds is 4. The number of hydrogen-bond donors (Lipinski definition) is 0. The van der Waals surface area contributed by atoms with Gasteiger partial charge in [0.05, 0.1) is 0 Å². The molecular weight excluding hydrogens is 200 g/mol. The predicted octanol–water partition coefficient (Wildman–Crippen LogP) is 2.67. The third-order valence-corrected chi connectivity index (χ3v) is 2.32. The number of hydrogen-bond acceptors (Lipinski definition) is 3. The number of nitrogens with zero attached hydrogens (tertiary/aromatic N) is 2. The van der Waals surface area contributed by atoms with Gasteiger partial charge in [-0.1, -0.05) is 18.5 Å². The standard InChI is InChI=1S/C10H15ClN2O/c1-4-5-14-6-9-12-8(3)7(2)10(11)13-9/h4-6H2,1-3H3. The highest BCUT2D eigenvalue weighted by molar-refractivity contribution is 6.30. The van der Waals surface area contributed by atoms with Crippen molar-refractivity contribution in [1.29, 1.82) is 0 Å². The highest BCUT2D eigenvalue weighted by Gasteiger charge is 2.05. The quantitative estimate of drug-likeness (QED) is 0.571. The third kappa shape index (κ3) is 2.93. The minimum Gasteiger partial charge on any atom is -0.373 e. The zero-order valence-electron chi connectivity index (χ0n) is 8.80. The van der Waals surface area contributed by atoms with E-state index in [2.05, 4.69) is 16.9 Å². The van der Waals surface area contributed by atoms with Crippen molar-refractivity contribution in [3.63, 3.8) is 0 Å². The van der Waals surface area contributed by atoms with Gasteiger partial charge in [0.1, 0.15) is 11.8 Å². The molecule has 0 saturated carbocycles. The van der Waals surface area contributed by atoms with Crippen LogP contribution < -0.4 is 0 Å². The van der Waals surface area contributed by atoms with Crippen molar-refractivity contribution in [3.8, 4) is 0 Å². The molecule has 0 radical (unpaired) electrons. The van der Waals surface area contributed by atoms with Gasteiger partial charge in [0.25, 0.3) is 0 Å². The van der Waals surface area contributed by atoms with E-state index >= 15 is 0 Å². The second-order valence-corrected chi connectivity index (χ2v) is 3.55. The number of halogens is 1. The molecule has 0 amide bonds. The van der Waals surface area contributed by atoms with Crippen LogP contribution in [0.5, 0.6) is 0 Å². The van der Waals surface area contributed by atoms with Crippen molar-refractivity contribution < 1.29 is 4.74 Å². The summed E-state index contributed by atoms with van der Waals surface area (Å²) in [6.07, 6.45) is 0.999. The van der Waals surface area contributed by atoms with Gasteiger partial charge < -0.3 is 4.74 Å². The van der Waals surface area contributed by atoms with Gasteiger partial charge in [-0.05, 0) is 20.3 Å². The second kappa shape index (κ2) is 5.27. The minimum absolute atomic E-state index is 0.439. The Morgan fingerprint density at radius 2 is 2.00 bits per heavy atom. The van der Waals surface area contributed by atoms with E-state index < -0.39 is 0 Å². The first kappa shape index (κ1) is 11.4. The molecule has 0 aromatic carbocycles. The zero-order valence-corrected chi connectivity index (χ0v) is 9.56. The van der Waals surface area contributed by atoms with Crippen LogP contribution in [-0.2, 0) is 11.3 Å². The molecule has 0 saturated heterocycles. The first-order valence-corrected chi connectivity index (χ1v) is 5.10. The summed E-state index contributed by atoms with van der Waals surface area (Å²) in [4.78, 5) is 8.42. The first-order chi connectivity index (χ1) is 6.65. The molecule has 1 rings (SSSR count). The van der Waals surface area contributed by atoms with Crippen LogP contribution in [0.25, 0.3) is 0 Å². The molecule has 0 aliphatic carbocycles. The Kier molecular flexibility index (Phi) is 4.29. The highest BCUT2D eigenvalue weighted by Crippen LogP contribution is 2.14. The smallest absolute Gasteiger partial charge is 0.155 e. The molecule has 0 fully saturated rings. The van der Waals surface area contributed by atoms with Crippen LogP contribution in [0.4, 0.5) is 0 Å². The fraction of sp³-hybridized carbons (Fsp3) is 0.600. The summed E-state index contributed by atoms with van der Waals surface area (Å²) < 4.78 is 5.34. The van der Waals surface area contributed by atoms with Crippen molar-refractivity contribution >= 4 is 11.6 Å². The van der Waals surface area contributed by atoms with Gasteiger partial charge in [0, 0.05) is 17.9 Å². The molecule has 0 aliphatic rings. The molecule has 4 heteroatoms. The molecule has 78 valence electrons. The summed E-state index contributed by atoms with van der Waals surface area (Å²) in [6, 6.07) is 0. The average molecular weight is 215 g/mol. The van der Waals surface area contributed by atoms with Crippen LogP contribution in [0.2, 0.25) is 5.15 Å². The van der Waals surface area contributed by atoms with Gasteiger partial charge in [-0.15, -0.1) is 0 Å². The maximum Gasteiger partial charge on any atom is 0.155 e. The molecule has 0 aliphatic heterocycles. The van der Waals surface area contributed by atoms with E-state index in [1.807, 2.05) is 13.8 Å². The van der Waals surface area contributed by atoms with Gasteiger partial charge >= 0.3 is 0 Å². The Labute approximate surface area is 89.5 Å². The molecular formula is C10H15ClN2O. The minimum atomic E-state index is 0.439. The summed E-state index contributed by atoms with van der Waals surface area (Å²) in [7, 11) is 0. The molecule has 0 N–H and O–H groups in total. The molecule has 0 atom stereocenters. The fourth-order valence-electron chi connectivity index (χ4n) is 1.02. The summed E-state index contributed by atoms with van der Waals surface area (Å²) in [5, 5.41) is 0.521. The van der Waals surface area contributed by atoms with Gasteiger partial charge in [-0.2, -0.15) is 0 Å². The lowest BCUT2D eigenvalue weighted by Crippen LogP contribution is -2.03. The maximum absolute atomic E-state index is 5.93. The normalized spacial score (nSPS) is 10.6. The Bertz CT molecular complexity index is 292. The third-order valence-electron chi connectivity index (χ3n) is 1.96. The van der Waals surface area contributed by atoms with Crippen molar-refractivity contribution in [2.45, 2.75) is 33.8 Å². The number of aryl methyl sites for hydroxylation is 1. The lowest BCUT2D eigenvalue weighted by molar-refractivity contribution is 0.116. The summed E-state index contributed by atoms with van der Waals surface area (Å²) in [6.45, 7) is 7.07. The van der Waals surface area contributed by atoms with Gasteiger partial charge in [-0.25, -0.2) is 9.97 Å². The van der Waals surface area contributed by atoms with Gasteiger partial charge in [0.15, 0.2) is 5.82 Å². The predicted molar refractivity (Wildman–Crippen MR) is 56.5 cm³/mol. The Morgan fingerprint density at radius 3 is 2.57 bits per heavy atom. The molecule has 0 bridgehead atoms. The highest BCUT2D eigenvalue weighted by atomic mass is 35.5. The Morgan fingerprint density at radius 1 is 1.29 bits per heavy atom. The van der Waals surface area contributed by atoms with Crippen molar-refractivity contribution in [3.05, 3.63) is 22.2 Å². The fourth-order valence-corrected chi connectivity index (χ4v) is 1.26. The second-order valence-electron chi connectivity index (χ2n) is 3.19. The summed E-state index contributed by atoms with van der Waals surface area (Å²) in [5.74, 6) is 0.659. The molecule has 0 spiro atoms. The van der Waals surface area contributed by atoms with Crippen LogP contribution in [0.1, 0.15) is 30.4 Å². The molecule has 1 heterocycles. The Balaban J connectivity index is 2.69. The van der Waals surface area contributed by atoms with E-state index in [-0.39, 0.29) is 0 Å². The lowest BCUT2D eigenvalue weighted by atomic mass is 10.3. The summed E-state index contributed by atoms with van der Waals surface area (Å²) in [5.41, 5.74) is 1.85. The van der Waals surface area contributed by atoms with E-state index in [0.29, 0.717) is 17.6 Å². The topological polar surface area (TPSA) is 35.0 Å². The van der Waals surface area contributed by atoms with Crippen molar-refractivity contribution in [2.75, 3.05) is 6.61 Å². The maximum atomic E-state index is 5.93. The largest absolute Gasteiger partial charge is 0.373 e. The average Bonchev–Trinajstić information content (AvgIpc) is 2.14. The molecule has 0 unspecified atom stereocenters. The van der Waals surface area contributed by atoms with Gasteiger partial charge in [-0.3, -0.25) is 0 Å². The van der Waals surface area contributed by atoms with Gasteiger partial charge in [0.2, 0.25) is 0 Å². The van der Waals surface area contributed by atoms with Crippen LogP contribution in [0.3, 0.4) is 0 Å². The molecule has 14 heavy (non-hydrogen) atoms. The van der Waals surface area contributed by atoms with Crippen molar-refractivity contribution in [2.24, 2.45) is 0 Å². The summed E-state index contributed by atoms with van der Waals surface area (Å²) >= 11 is 5.93. The molecule has 1 aromatic rings. The molecule has 3 nitrogen and oxygen atoms in total. The van der Waals surface area contributed by atoms with E-state index in [4.69, 9.17) is 16.3 Å². The van der Waals surface area contributed by atoms with E-state index in [1.54, 1.807) is 0 Å². The van der Waals surface area contributed by atoms with E-state index in [0.717, 1.165) is 24.3 Å². The van der Waals surface area contributed by atoms with Crippen LogP contribution in [-0.4, -0.2) is 16.6 Å². The number of ether oxygens (including phenoxy) is 1. The lowest BCUT2D eigenvalue weighted by Gasteiger charge is -2.05.